The van der Waals surface area contributed by atoms with Crippen LogP contribution in [0.3, 0.4) is 0 Å². The second kappa shape index (κ2) is 17.7. The fourth-order valence-corrected chi connectivity index (χ4v) is 3.47. The normalized spacial score (nSPS) is 12.0. The van der Waals surface area contributed by atoms with Crippen molar-refractivity contribution in [2.24, 2.45) is 5.92 Å². The third kappa shape index (κ3) is 15.4. The van der Waals surface area contributed by atoms with Gasteiger partial charge in [-0.15, -0.1) is 0 Å². The number of nitrogens with zero attached hydrogens (tertiary/aromatic N) is 2. The summed E-state index contributed by atoms with van der Waals surface area (Å²) in [6, 6.07) is 0. The van der Waals surface area contributed by atoms with Crippen LogP contribution >= 0.6 is 0 Å². The van der Waals surface area contributed by atoms with Gasteiger partial charge in [0.05, 0.1) is 0 Å². The topological polar surface area (TPSA) is 26.7 Å². The van der Waals surface area contributed by atoms with Crippen molar-refractivity contribution in [3.63, 3.8) is 0 Å². The van der Waals surface area contributed by atoms with E-state index < -0.39 is 0 Å². The summed E-state index contributed by atoms with van der Waals surface area (Å²) in [4.78, 5) is 5.10. The SMILES string of the molecule is CCCCCN(C)CC(CCCCCCO)CN(C)CCCCC. The number of rotatable bonds is 18. The maximum atomic E-state index is 8.90. The van der Waals surface area contributed by atoms with E-state index in [-0.39, 0.29) is 0 Å². The van der Waals surface area contributed by atoms with E-state index in [1.54, 1.807) is 0 Å². The highest BCUT2D eigenvalue weighted by Gasteiger charge is 2.14. The second-order valence-corrected chi connectivity index (χ2v) is 7.73. The largest absolute Gasteiger partial charge is 0.396 e. The van der Waals surface area contributed by atoms with Crippen LogP contribution in [0.5, 0.6) is 0 Å². The molecule has 3 nitrogen and oxygen atoms in total. The van der Waals surface area contributed by atoms with Gasteiger partial charge < -0.3 is 14.9 Å². The van der Waals surface area contributed by atoms with E-state index in [2.05, 4.69) is 37.7 Å². The monoisotopic (exact) mass is 342 g/mol. The van der Waals surface area contributed by atoms with Gasteiger partial charge in [-0.1, -0.05) is 58.8 Å². The first-order valence-electron chi connectivity index (χ1n) is 10.6. The number of aliphatic hydroxyl groups is 1. The lowest BCUT2D eigenvalue weighted by molar-refractivity contribution is 0.199. The lowest BCUT2D eigenvalue weighted by Gasteiger charge is -2.28. The van der Waals surface area contributed by atoms with Crippen molar-refractivity contribution in [3.8, 4) is 0 Å². The molecule has 0 bridgehead atoms. The molecule has 0 saturated carbocycles. The van der Waals surface area contributed by atoms with Crippen LogP contribution in [-0.2, 0) is 0 Å². The van der Waals surface area contributed by atoms with Crippen molar-refractivity contribution >= 4 is 0 Å². The van der Waals surface area contributed by atoms with Gasteiger partial charge in [-0.25, -0.2) is 0 Å². The van der Waals surface area contributed by atoms with Gasteiger partial charge in [-0.2, -0.15) is 0 Å². The molecule has 146 valence electrons. The zero-order valence-electron chi connectivity index (χ0n) is 17.2. The summed E-state index contributed by atoms with van der Waals surface area (Å²) in [5.74, 6) is 0.789. The van der Waals surface area contributed by atoms with Crippen molar-refractivity contribution in [2.45, 2.75) is 84.5 Å². The third-order valence-electron chi connectivity index (χ3n) is 4.95. The molecule has 0 fully saturated rings. The Kier molecular flexibility index (Phi) is 17.6. The van der Waals surface area contributed by atoms with Gasteiger partial charge in [0.1, 0.15) is 0 Å². The maximum Gasteiger partial charge on any atom is 0.0431 e. The molecule has 0 aromatic rings. The molecule has 24 heavy (non-hydrogen) atoms. The summed E-state index contributed by atoms with van der Waals surface area (Å²) in [5.41, 5.74) is 0. The Morgan fingerprint density at radius 2 is 1.17 bits per heavy atom. The van der Waals surface area contributed by atoms with E-state index in [0.29, 0.717) is 6.61 Å². The summed E-state index contributed by atoms with van der Waals surface area (Å²) in [6.45, 7) is 9.87. The van der Waals surface area contributed by atoms with Gasteiger partial charge in [-0.05, 0) is 58.8 Å². The van der Waals surface area contributed by atoms with Crippen LogP contribution in [0.1, 0.15) is 84.5 Å². The number of hydrogen-bond acceptors (Lipinski definition) is 3. The van der Waals surface area contributed by atoms with Gasteiger partial charge in [0.25, 0.3) is 0 Å². The number of unbranched alkanes of at least 4 members (excludes halogenated alkanes) is 7. The lowest BCUT2D eigenvalue weighted by Crippen LogP contribution is -2.34. The molecule has 0 saturated heterocycles. The molecule has 0 aliphatic carbocycles. The highest BCUT2D eigenvalue weighted by atomic mass is 16.2. The summed E-state index contributed by atoms with van der Waals surface area (Å²) >= 11 is 0. The van der Waals surface area contributed by atoms with Crippen LogP contribution < -0.4 is 0 Å². The van der Waals surface area contributed by atoms with Crippen LogP contribution in [0, 0.1) is 5.92 Å². The minimum absolute atomic E-state index is 0.351. The van der Waals surface area contributed by atoms with Crippen molar-refractivity contribution < 1.29 is 5.11 Å². The highest BCUT2D eigenvalue weighted by molar-refractivity contribution is 4.69. The Morgan fingerprint density at radius 3 is 1.62 bits per heavy atom. The molecule has 0 amide bonds. The standard InChI is InChI=1S/C21H46N2O/c1-5-7-12-16-22(3)19-21(15-11-9-10-14-18-24)20-23(4)17-13-8-6-2/h21,24H,5-20H2,1-4H3. The smallest absolute Gasteiger partial charge is 0.0431 e. The first-order valence-corrected chi connectivity index (χ1v) is 10.6. The predicted molar refractivity (Wildman–Crippen MR) is 108 cm³/mol. The molecule has 0 aromatic carbocycles. The molecular formula is C21H46N2O. The molecule has 0 spiro atoms. The van der Waals surface area contributed by atoms with Crippen LogP contribution in [0.15, 0.2) is 0 Å². The molecule has 3 heteroatoms. The van der Waals surface area contributed by atoms with E-state index >= 15 is 0 Å². The van der Waals surface area contributed by atoms with Crippen LogP contribution in [0.4, 0.5) is 0 Å². The molecule has 0 aliphatic heterocycles. The van der Waals surface area contributed by atoms with Gasteiger partial charge in [0.15, 0.2) is 0 Å². The molecular weight excluding hydrogens is 296 g/mol. The Labute approximate surface area is 152 Å². The van der Waals surface area contributed by atoms with E-state index in [0.717, 1.165) is 12.3 Å². The van der Waals surface area contributed by atoms with Crippen LogP contribution in [-0.4, -0.2) is 61.8 Å². The van der Waals surface area contributed by atoms with E-state index in [1.807, 2.05) is 0 Å². The number of aliphatic hydroxyl groups excluding tert-OH is 1. The van der Waals surface area contributed by atoms with Crippen molar-refractivity contribution in [3.05, 3.63) is 0 Å². The Bertz CT molecular complexity index is 230. The quantitative estimate of drug-likeness (QED) is 0.363. The molecule has 0 atom stereocenters. The molecule has 0 aromatic heterocycles. The predicted octanol–water partition coefficient (Wildman–Crippen LogP) is 4.79. The second-order valence-electron chi connectivity index (χ2n) is 7.73. The van der Waals surface area contributed by atoms with E-state index in [9.17, 15) is 0 Å². The fraction of sp³-hybridized carbons (Fsp3) is 1.00. The van der Waals surface area contributed by atoms with E-state index in [1.165, 1.54) is 90.4 Å². The number of hydrogen-bond donors (Lipinski definition) is 1. The van der Waals surface area contributed by atoms with Gasteiger partial charge in [0, 0.05) is 19.7 Å². The minimum Gasteiger partial charge on any atom is -0.396 e. The zero-order chi connectivity index (χ0) is 18.0. The third-order valence-corrected chi connectivity index (χ3v) is 4.95. The first kappa shape index (κ1) is 23.9. The first-order chi connectivity index (χ1) is 11.6. The van der Waals surface area contributed by atoms with Crippen LogP contribution in [0.2, 0.25) is 0 Å². The molecule has 0 aliphatic rings. The maximum absolute atomic E-state index is 8.90. The minimum atomic E-state index is 0.351. The average molecular weight is 343 g/mol. The van der Waals surface area contributed by atoms with Crippen molar-refractivity contribution in [2.75, 3.05) is 46.9 Å². The fourth-order valence-electron chi connectivity index (χ4n) is 3.47. The van der Waals surface area contributed by atoms with Gasteiger partial charge in [0.2, 0.25) is 0 Å². The Hall–Kier alpha value is -0.120. The summed E-state index contributed by atoms with van der Waals surface area (Å²) < 4.78 is 0. The van der Waals surface area contributed by atoms with E-state index in [4.69, 9.17) is 5.11 Å². The molecule has 0 unspecified atom stereocenters. The molecule has 0 radical (unpaired) electrons. The average Bonchev–Trinajstić information content (AvgIpc) is 2.55. The zero-order valence-corrected chi connectivity index (χ0v) is 17.2. The lowest BCUT2D eigenvalue weighted by atomic mass is 9.99. The molecule has 0 rings (SSSR count). The summed E-state index contributed by atoms with van der Waals surface area (Å²) in [5, 5.41) is 8.90. The van der Waals surface area contributed by atoms with Crippen molar-refractivity contribution in [1.29, 1.82) is 0 Å². The Balaban J connectivity index is 4.15. The van der Waals surface area contributed by atoms with Crippen LogP contribution in [0.25, 0.3) is 0 Å². The van der Waals surface area contributed by atoms with Gasteiger partial charge in [-0.3, -0.25) is 0 Å². The highest BCUT2D eigenvalue weighted by Crippen LogP contribution is 2.14. The van der Waals surface area contributed by atoms with Crippen molar-refractivity contribution in [1.82, 2.24) is 9.80 Å². The molecule has 0 heterocycles. The van der Waals surface area contributed by atoms with Gasteiger partial charge >= 0.3 is 0 Å². The summed E-state index contributed by atoms with van der Waals surface area (Å²) in [7, 11) is 4.59. The Morgan fingerprint density at radius 1 is 0.667 bits per heavy atom. The molecule has 1 N–H and O–H groups in total. The summed E-state index contributed by atoms with van der Waals surface area (Å²) in [6.07, 6.45) is 14.1.